The van der Waals surface area contributed by atoms with Gasteiger partial charge in [0.25, 0.3) is 0 Å². The highest BCUT2D eigenvalue weighted by Crippen LogP contribution is 2.23. The van der Waals surface area contributed by atoms with Gasteiger partial charge in [-0.2, -0.15) is 4.31 Å². The smallest absolute Gasteiger partial charge is 0.337 e. The van der Waals surface area contributed by atoms with Crippen LogP contribution in [0.1, 0.15) is 31.8 Å². The molecule has 3 aromatic rings. The quantitative estimate of drug-likeness (QED) is 0.403. The van der Waals surface area contributed by atoms with E-state index in [2.05, 4.69) is 5.32 Å². The fraction of sp³-hybridized carbons (Fsp3) is 0.192. The summed E-state index contributed by atoms with van der Waals surface area (Å²) in [6, 6.07) is 16.8. The van der Waals surface area contributed by atoms with Gasteiger partial charge < -0.3 is 14.8 Å². The van der Waals surface area contributed by atoms with Crippen molar-refractivity contribution < 1.29 is 32.3 Å². The minimum Gasteiger partial charge on any atom is -0.465 e. The highest BCUT2D eigenvalue weighted by Gasteiger charge is 2.28. The number of halogens is 1. The van der Waals surface area contributed by atoms with Crippen LogP contribution in [0.25, 0.3) is 0 Å². The fourth-order valence-electron chi connectivity index (χ4n) is 3.49. The van der Waals surface area contributed by atoms with Gasteiger partial charge in [-0.05, 0) is 60.5 Å². The average Bonchev–Trinajstić information content (AvgIpc) is 2.88. The molecule has 0 aliphatic carbocycles. The van der Waals surface area contributed by atoms with Crippen LogP contribution in [0.5, 0.6) is 0 Å². The summed E-state index contributed by atoms with van der Waals surface area (Å²) in [5.74, 6) is -2.15. The normalized spacial score (nSPS) is 11.2. The van der Waals surface area contributed by atoms with Crippen LogP contribution in [0.15, 0.2) is 71.6 Å². The molecule has 0 aliphatic heterocycles. The molecule has 0 bridgehead atoms. The Morgan fingerprint density at radius 1 is 0.892 bits per heavy atom. The number of rotatable bonds is 9. The first-order valence-corrected chi connectivity index (χ1v) is 12.8. The predicted octanol–water partition coefficient (Wildman–Crippen LogP) is 4.05. The summed E-state index contributed by atoms with van der Waals surface area (Å²) >= 11 is 5.92. The van der Waals surface area contributed by atoms with Crippen molar-refractivity contribution in [2.45, 2.75) is 18.4 Å². The molecular formula is C26H25ClN2O7S. The van der Waals surface area contributed by atoms with Crippen molar-refractivity contribution in [3.05, 3.63) is 94.0 Å². The lowest BCUT2D eigenvalue weighted by Crippen LogP contribution is -2.37. The van der Waals surface area contributed by atoms with E-state index < -0.39 is 34.4 Å². The summed E-state index contributed by atoms with van der Waals surface area (Å²) < 4.78 is 37.4. The molecule has 3 rings (SSSR count). The number of esters is 2. The van der Waals surface area contributed by atoms with Gasteiger partial charge in [-0.25, -0.2) is 18.0 Å². The first kappa shape index (κ1) is 27.9. The van der Waals surface area contributed by atoms with Crippen LogP contribution in [-0.4, -0.2) is 51.3 Å². The van der Waals surface area contributed by atoms with Crippen molar-refractivity contribution in [3.63, 3.8) is 0 Å². The van der Waals surface area contributed by atoms with Crippen LogP contribution in [0.4, 0.5) is 5.69 Å². The third-order valence-corrected chi connectivity index (χ3v) is 7.50. The molecule has 0 aliphatic rings. The maximum Gasteiger partial charge on any atom is 0.337 e. The number of nitrogens with zero attached hydrogens (tertiary/aromatic N) is 1. The summed E-state index contributed by atoms with van der Waals surface area (Å²) in [6.45, 7) is 1.23. The highest BCUT2D eigenvalue weighted by molar-refractivity contribution is 7.89. The Labute approximate surface area is 220 Å². The monoisotopic (exact) mass is 544 g/mol. The van der Waals surface area contributed by atoms with Crippen molar-refractivity contribution in [1.29, 1.82) is 0 Å². The molecule has 11 heteroatoms. The summed E-state index contributed by atoms with van der Waals surface area (Å²) in [4.78, 5) is 37.1. The van der Waals surface area contributed by atoms with E-state index in [0.29, 0.717) is 10.6 Å². The van der Waals surface area contributed by atoms with E-state index in [0.717, 1.165) is 9.87 Å². The minimum absolute atomic E-state index is 0.00579. The number of anilines is 1. The van der Waals surface area contributed by atoms with Crippen LogP contribution in [0.2, 0.25) is 5.02 Å². The summed E-state index contributed by atoms with van der Waals surface area (Å²) in [7, 11) is -1.75. The number of carbonyl (C=O) groups excluding carboxylic acids is 3. The summed E-state index contributed by atoms with van der Waals surface area (Å²) in [5, 5.41) is 2.93. The van der Waals surface area contributed by atoms with Crippen LogP contribution in [0.3, 0.4) is 0 Å². The molecule has 0 saturated carbocycles. The van der Waals surface area contributed by atoms with Crippen LogP contribution < -0.4 is 5.32 Å². The second kappa shape index (κ2) is 12.0. The van der Waals surface area contributed by atoms with Crippen LogP contribution in [0, 0.1) is 6.92 Å². The molecule has 0 aromatic heterocycles. The van der Waals surface area contributed by atoms with Gasteiger partial charge in [0, 0.05) is 17.3 Å². The van der Waals surface area contributed by atoms with Gasteiger partial charge in [-0.15, -0.1) is 0 Å². The van der Waals surface area contributed by atoms with Gasteiger partial charge in [-0.1, -0.05) is 35.9 Å². The van der Waals surface area contributed by atoms with Gasteiger partial charge in [-0.3, -0.25) is 4.79 Å². The second-order valence-corrected chi connectivity index (χ2v) is 10.4. The molecule has 0 fully saturated rings. The number of amides is 1. The zero-order valence-electron chi connectivity index (χ0n) is 20.4. The zero-order valence-corrected chi connectivity index (χ0v) is 21.9. The maximum absolute atomic E-state index is 13.5. The van der Waals surface area contributed by atoms with Gasteiger partial charge >= 0.3 is 11.9 Å². The lowest BCUT2D eigenvalue weighted by molar-refractivity contribution is -0.116. The Hall–Kier alpha value is -3.73. The van der Waals surface area contributed by atoms with Gasteiger partial charge in [0.05, 0.1) is 36.8 Å². The first-order valence-electron chi connectivity index (χ1n) is 11.0. The maximum atomic E-state index is 13.5. The molecule has 1 N–H and O–H groups in total. The topological polar surface area (TPSA) is 119 Å². The van der Waals surface area contributed by atoms with Crippen molar-refractivity contribution >= 4 is 45.2 Å². The standard InChI is InChI=1S/C26H25ClN2O7S/c1-17-6-4-5-7-18(17)15-29(37(33,34)23-10-8-21(27)9-11-23)16-24(30)28-22-13-19(25(31)35-2)12-20(14-22)26(32)36-3/h4-14H,15-16H2,1-3H3,(H,28,30). The molecule has 0 radical (unpaired) electrons. The van der Waals surface area contributed by atoms with E-state index in [1.54, 1.807) is 12.1 Å². The molecule has 3 aromatic carbocycles. The number of sulfonamides is 1. The molecule has 0 unspecified atom stereocenters. The molecule has 0 spiro atoms. The first-order chi connectivity index (χ1) is 17.5. The Morgan fingerprint density at radius 3 is 2.00 bits per heavy atom. The number of methoxy groups -OCH3 is 2. The molecule has 0 atom stereocenters. The molecule has 0 heterocycles. The minimum atomic E-state index is -4.11. The van der Waals surface area contributed by atoms with E-state index in [1.807, 2.05) is 19.1 Å². The number of benzene rings is 3. The van der Waals surface area contributed by atoms with Crippen molar-refractivity contribution in [2.24, 2.45) is 0 Å². The number of hydrogen-bond donors (Lipinski definition) is 1. The van der Waals surface area contributed by atoms with Crippen LogP contribution in [-0.2, 0) is 30.8 Å². The number of carbonyl (C=O) groups is 3. The lowest BCUT2D eigenvalue weighted by Gasteiger charge is -2.23. The Kier molecular flexibility index (Phi) is 9.04. The van der Waals surface area contributed by atoms with Crippen LogP contribution >= 0.6 is 11.6 Å². The van der Waals surface area contributed by atoms with E-state index >= 15 is 0 Å². The van der Waals surface area contributed by atoms with E-state index in [1.165, 1.54) is 56.7 Å². The summed E-state index contributed by atoms with van der Waals surface area (Å²) in [6.07, 6.45) is 0. The highest BCUT2D eigenvalue weighted by atomic mass is 35.5. The van der Waals surface area contributed by atoms with Gasteiger partial charge in [0.15, 0.2) is 0 Å². The van der Waals surface area contributed by atoms with E-state index in [-0.39, 0.29) is 28.3 Å². The van der Waals surface area contributed by atoms with E-state index in [4.69, 9.17) is 21.1 Å². The molecular weight excluding hydrogens is 520 g/mol. The average molecular weight is 545 g/mol. The third kappa shape index (κ3) is 6.94. The number of hydrogen-bond acceptors (Lipinski definition) is 7. The molecule has 0 saturated heterocycles. The third-order valence-electron chi connectivity index (χ3n) is 5.44. The van der Waals surface area contributed by atoms with Gasteiger partial charge in [0.2, 0.25) is 15.9 Å². The Balaban J connectivity index is 1.94. The Morgan fingerprint density at radius 2 is 1.46 bits per heavy atom. The van der Waals surface area contributed by atoms with Crippen molar-refractivity contribution in [1.82, 2.24) is 4.31 Å². The largest absolute Gasteiger partial charge is 0.465 e. The molecule has 194 valence electrons. The Bertz CT molecular complexity index is 1390. The number of aryl methyl sites for hydroxylation is 1. The zero-order chi connectivity index (χ0) is 27.2. The molecule has 1 amide bonds. The van der Waals surface area contributed by atoms with E-state index in [9.17, 15) is 22.8 Å². The van der Waals surface area contributed by atoms with Crippen molar-refractivity contribution in [2.75, 3.05) is 26.1 Å². The molecule has 9 nitrogen and oxygen atoms in total. The molecule has 37 heavy (non-hydrogen) atoms. The lowest BCUT2D eigenvalue weighted by atomic mass is 10.1. The number of nitrogens with one attached hydrogen (secondary N) is 1. The summed E-state index contributed by atoms with van der Waals surface area (Å²) in [5.41, 5.74) is 1.67. The van der Waals surface area contributed by atoms with Crippen molar-refractivity contribution in [3.8, 4) is 0 Å². The number of ether oxygens (including phenoxy) is 2. The van der Waals surface area contributed by atoms with Gasteiger partial charge in [0.1, 0.15) is 0 Å². The predicted molar refractivity (Wildman–Crippen MR) is 138 cm³/mol. The SMILES string of the molecule is COC(=O)c1cc(NC(=O)CN(Cc2ccccc2C)S(=O)(=O)c2ccc(Cl)cc2)cc(C(=O)OC)c1. The fourth-order valence-corrected chi connectivity index (χ4v) is 4.99. The second-order valence-electron chi connectivity index (χ2n) is 7.98.